The van der Waals surface area contributed by atoms with Gasteiger partial charge in [0.05, 0.1) is 12.5 Å². The molecule has 0 saturated carbocycles. The summed E-state index contributed by atoms with van der Waals surface area (Å²) in [5, 5.41) is 4.63. The molecule has 3 N–H and O–H groups in total. The highest BCUT2D eigenvalue weighted by atomic mass is 35.5. The number of primary amides is 1. The van der Waals surface area contributed by atoms with Crippen LogP contribution in [0.4, 0.5) is 5.69 Å². The van der Waals surface area contributed by atoms with Crippen molar-refractivity contribution in [3.05, 3.63) is 63.6 Å². The molecule has 21 heavy (non-hydrogen) atoms. The van der Waals surface area contributed by atoms with Crippen LogP contribution in [-0.4, -0.2) is 5.91 Å². The first-order valence-electron chi connectivity index (χ1n) is 6.55. The third-order valence-corrected chi connectivity index (χ3v) is 3.76. The van der Waals surface area contributed by atoms with Crippen LogP contribution in [0.15, 0.2) is 42.5 Å². The zero-order valence-corrected chi connectivity index (χ0v) is 13.1. The third-order valence-electron chi connectivity index (χ3n) is 3.18. The van der Waals surface area contributed by atoms with Gasteiger partial charge in [0.15, 0.2) is 0 Å². The van der Waals surface area contributed by atoms with Crippen LogP contribution in [0, 0.1) is 0 Å². The first kappa shape index (κ1) is 15.7. The zero-order valence-electron chi connectivity index (χ0n) is 11.6. The van der Waals surface area contributed by atoms with E-state index in [0.29, 0.717) is 10.0 Å². The summed E-state index contributed by atoms with van der Waals surface area (Å²) < 4.78 is 0. The number of rotatable bonds is 5. The molecule has 0 heterocycles. The summed E-state index contributed by atoms with van der Waals surface area (Å²) >= 11 is 12.2. The van der Waals surface area contributed by atoms with Gasteiger partial charge in [0.1, 0.15) is 0 Å². The molecular weight excluding hydrogens is 307 g/mol. The van der Waals surface area contributed by atoms with Crippen LogP contribution >= 0.6 is 23.2 Å². The average Bonchev–Trinajstić information content (AvgIpc) is 2.43. The number of carbonyl (C=O) groups is 1. The maximum Gasteiger partial charge on any atom is 0.221 e. The Morgan fingerprint density at radius 1 is 1.24 bits per heavy atom. The van der Waals surface area contributed by atoms with Gasteiger partial charge in [-0.2, -0.15) is 0 Å². The van der Waals surface area contributed by atoms with Gasteiger partial charge in [0.2, 0.25) is 5.91 Å². The third kappa shape index (κ3) is 4.13. The van der Waals surface area contributed by atoms with E-state index >= 15 is 0 Å². The maximum absolute atomic E-state index is 11.1. The van der Waals surface area contributed by atoms with Crippen LogP contribution in [-0.2, 0) is 11.2 Å². The van der Waals surface area contributed by atoms with E-state index in [4.69, 9.17) is 28.9 Å². The highest BCUT2D eigenvalue weighted by molar-refractivity contribution is 6.33. The summed E-state index contributed by atoms with van der Waals surface area (Å²) in [7, 11) is 0. The molecule has 1 unspecified atom stereocenters. The average molecular weight is 323 g/mol. The second-order valence-electron chi connectivity index (χ2n) is 4.83. The summed E-state index contributed by atoms with van der Waals surface area (Å²) in [5.74, 6) is -0.363. The molecule has 5 heteroatoms. The van der Waals surface area contributed by atoms with E-state index in [9.17, 15) is 4.79 Å². The molecule has 0 fully saturated rings. The fraction of sp³-hybridized carbons (Fsp3) is 0.188. The van der Waals surface area contributed by atoms with Crippen molar-refractivity contribution in [2.75, 3.05) is 5.32 Å². The molecule has 2 aromatic carbocycles. The maximum atomic E-state index is 11.1. The number of anilines is 1. The topological polar surface area (TPSA) is 55.1 Å². The highest BCUT2D eigenvalue weighted by Crippen LogP contribution is 2.29. The van der Waals surface area contributed by atoms with Crippen molar-refractivity contribution in [1.29, 1.82) is 0 Å². The van der Waals surface area contributed by atoms with Crippen LogP contribution < -0.4 is 11.1 Å². The van der Waals surface area contributed by atoms with E-state index < -0.39 is 0 Å². The fourth-order valence-corrected chi connectivity index (χ4v) is 2.62. The van der Waals surface area contributed by atoms with Crippen molar-refractivity contribution in [2.24, 2.45) is 5.73 Å². The quantitative estimate of drug-likeness (QED) is 0.867. The molecule has 0 aromatic heterocycles. The molecule has 0 bridgehead atoms. The standard InChI is InChI=1S/C16H16Cl2N2O/c1-10(13-9-12(17)6-7-14(13)18)20-15-5-3-2-4-11(15)8-16(19)21/h2-7,9-10,20H,8H2,1H3,(H2,19,21). The van der Waals surface area contributed by atoms with Gasteiger partial charge in [-0.3, -0.25) is 4.79 Å². The van der Waals surface area contributed by atoms with E-state index in [1.165, 1.54) is 0 Å². The number of halogens is 2. The number of benzene rings is 2. The summed E-state index contributed by atoms with van der Waals surface area (Å²) in [5.41, 5.74) is 7.89. The van der Waals surface area contributed by atoms with Gasteiger partial charge in [-0.15, -0.1) is 0 Å². The minimum Gasteiger partial charge on any atom is -0.378 e. The van der Waals surface area contributed by atoms with Crippen LogP contribution in [0.5, 0.6) is 0 Å². The molecule has 0 aliphatic heterocycles. The fourth-order valence-electron chi connectivity index (χ4n) is 2.16. The van der Waals surface area contributed by atoms with E-state index in [1.54, 1.807) is 12.1 Å². The Hall–Kier alpha value is -1.71. The molecule has 0 radical (unpaired) electrons. The van der Waals surface area contributed by atoms with Gasteiger partial charge in [-0.25, -0.2) is 0 Å². The van der Waals surface area contributed by atoms with Crippen molar-refractivity contribution in [1.82, 2.24) is 0 Å². The monoisotopic (exact) mass is 322 g/mol. The van der Waals surface area contributed by atoms with Gasteiger partial charge < -0.3 is 11.1 Å². The molecule has 2 rings (SSSR count). The second-order valence-corrected chi connectivity index (χ2v) is 5.68. The Morgan fingerprint density at radius 2 is 1.95 bits per heavy atom. The van der Waals surface area contributed by atoms with E-state index in [0.717, 1.165) is 16.8 Å². The highest BCUT2D eigenvalue weighted by Gasteiger charge is 2.12. The molecule has 1 amide bonds. The summed E-state index contributed by atoms with van der Waals surface area (Å²) in [4.78, 5) is 11.1. The predicted molar refractivity (Wildman–Crippen MR) is 87.8 cm³/mol. The molecule has 1 atom stereocenters. The van der Waals surface area contributed by atoms with E-state index in [-0.39, 0.29) is 18.4 Å². The predicted octanol–water partition coefficient (Wildman–Crippen LogP) is 4.19. The summed E-state index contributed by atoms with van der Waals surface area (Å²) in [6.07, 6.45) is 0.194. The van der Waals surface area contributed by atoms with Crippen molar-refractivity contribution in [3.8, 4) is 0 Å². The molecule has 0 saturated heterocycles. The molecule has 3 nitrogen and oxygen atoms in total. The Bertz CT molecular complexity index is 658. The van der Waals surface area contributed by atoms with Crippen LogP contribution in [0.25, 0.3) is 0 Å². The number of hydrogen-bond acceptors (Lipinski definition) is 2. The lowest BCUT2D eigenvalue weighted by Crippen LogP contribution is -2.16. The van der Waals surface area contributed by atoms with Gasteiger partial charge >= 0.3 is 0 Å². The Balaban J connectivity index is 2.25. The summed E-state index contributed by atoms with van der Waals surface area (Å²) in [6, 6.07) is 12.9. The van der Waals surface area contributed by atoms with Crippen molar-refractivity contribution in [2.45, 2.75) is 19.4 Å². The number of amides is 1. The van der Waals surface area contributed by atoms with Crippen molar-refractivity contribution < 1.29 is 4.79 Å². The molecule has 0 aliphatic carbocycles. The number of carbonyl (C=O) groups excluding carboxylic acids is 1. The number of para-hydroxylation sites is 1. The Kier molecular flexibility index (Phi) is 5.10. The molecule has 0 aliphatic rings. The number of nitrogens with one attached hydrogen (secondary N) is 1. The number of nitrogens with two attached hydrogens (primary N) is 1. The van der Waals surface area contributed by atoms with Crippen molar-refractivity contribution in [3.63, 3.8) is 0 Å². The Morgan fingerprint density at radius 3 is 2.67 bits per heavy atom. The lowest BCUT2D eigenvalue weighted by Gasteiger charge is -2.19. The Labute approximate surface area is 134 Å². The van der Waals surface area contributed by atoms with Crippen LogP contribution in [0.1, 0.15) is 24.1 Å². The lowest BCUT2D eigenvalue weighted by atomic mass is 10.1. The van der Waals surface area contributed by atoms with Gasteiger partial charge in [0, 0.05) is 15.7 Å². The lowest BCUT2D eigenvalue weighted by molar-refractivity contribution is -0.117. The van der Waals surface area contributed by atoms with Crippen LogP contribution in [0.2, 0.25) is 10.0 Å². The molecule has 0 spiro atoms. The van der Waals surface area contributed by atoms with Gasteiger partial charge in [-0.05, 0) is 42.3 Å². The molecule has 2 aromatic rings. The van der Waals surface area contributed by atoms with E-state index in [2.05, 4.69) is 5.32 Å². The normalized spacial score (nSPS) is 12.0. The summed E-state index contributed by atoms with van der Waals surface area (Å²) in [6.45, 7) is 1.98. The molecular formula is C16H16Cl2N2O. The molecule has 110 valence electrons. The van der Waals surface area contributed by atoms with Crippen molar-refractivity contribution >= 4 is 34.8 Å². The second kappa shape index (κ2) is 6.83. The smallest absolute Gasteiger partial charge is 0.221 e. The number of hydrogen-bond donors (Lipinski definition) is 2. The van der Waals surface area contributed by atoms with E-state index in [1.807, 2.05) is 37.3 Å². The van der Waals surface area contributed by atoms with Gasteiger partial charge in [-0.1, -0.05) is 41.4 Å². The zero-order chi connectivity index (χ0) is 15.4. The minimum atomic E-state index is -0.363. The first-order valence-corrected chi connectivity index (χ1v) is 7.30. The minimum absolute atomic E-state index is 0.0507. The largest absolute Gasteiger partial charge is 0.378 e. The van der Waals surface area contributed by atoms with Gasteiger partial charge in [0.25, 0.3) is 0 Å². The SMILES string of the molecule is CC(Nc1ccccc1CC(N)=O)c1cc(Cl)ccc1Cl. The van der Waals surface area contributed by atoms with Crippen LogP contribution in [0.3, 0.4) is 0 Å². The first-order chi connectivity index (χ1) is 9.97.